The van der Waals surface area contributed by atoms with Gasteiger partial charge in [-0.2, -0.15) is 0 Å². The molecule has 0 aliphatic rings. The van der Waals surface area contributed by atoms with Crippen LogP contribution < -0.4 is 10.3 Å². The first-order chi connectivity index (χ1) is 9.40. The average molecular weight is 353 g/mol. The molecule has 0 atom stereocenters. The number of carbonyl (C=O) groups is 1. The Morgan fingerprint density at radius 1 is 1.30 bits per heavy atom. The summed E-state index contributed by atoms with van der Waals surface area (Å²) in [4.78, 5) is 20.7. The number of nitrogens with zero attached hydrogens (tertiary/aromatic N) is 2. The molecule has 0 unspecified atom stereocenters. The Labute approximate surface area is 128 Å². The molecule has 7 nitrogen and oxygen atoms in total. The SMILES string of the molecule is O=C(NNS(=O)(=O)c1cc(Cl)sc1Cl)c1cnccn1. The van der Waals surface area contributed by atoms with Gasteiger partial charge in [0.2, 0.25) is 0 Å². The molecule has 2 N–H and O–H groups in total. The van der Waals surface area contributed by atoms with Crippen LogP contribution in [-0.4, -0.2) is 24.3 Å². The smallest absolute Gasteiger partial charge is 0.272 e. The number of amides is 1. The second kappa shape index (κ2) is 6.02. The minimum Gasteiger partial charge on any atom is -0.272 e. The van der Waals surface area contributed by atoms with Crippen molar-refractivity contribution in [2.45, 2.75) is 4.90 Å². The van der Waals surface area contributed by atoms with Crippen LogP contribution in [0, 0.1) is 0 Å². The molecule has 0 aliphatic carbocycles. The normalized spacial score (nSPS) is 11.3. The van der Waals surface area contributed by atoms with E-state index in [9.17, 15) is 13.2 Å². The Morgan fingerprint density at radius 3 is 2.60 bits per heavy atom. The van der Waals surface area contributed by atoms with E-state index in [0.29, 0.717) is 0 Å². The topological polar surface area (TPSA) is 101 Å². The number of hydrogen-bond donors (Lipinski definition) is 2. The third-order valence-corrected chi connectivity index (χ3v) is 5.01. The third kappa shape index (κ3) is 3.44. The fourth-order valence-electron chi connectivity index (χ4n) is 1.16. The molecular weight excluding hydrogens is 347 g/mol. The lowest BCUT2D eigenvalue weighted by Crippen LogP contribution is -2.41. The average Bonchev–Trinajstić information content (AvgIpc) is 2.77. The van der Waals surface area contributed by atoms with Gasteiger partial charge in [-0.05, 0) is 6.07 Å². The van der Waals surface area contributed by atoms with Gasteiger partial charge in [-0.3, -0.25) is 15.2 Å². The molecule has 20 heavy (non-hydrogen) atoms. The van der Waals surface area contributed by atoms with E-state index in [1.54, 1.807) is 0 Å². The second-order valence-electron chi connectivity index (χ2n) is 3.34. The van der Waals surface area contributed by atoms with Gasteiger partial charge in [-0.25, -0.2) is 13.4 Å². The second-order valence-corrected chi connectivity index (χ2v) is 7.28. The highest BCUT2D eigenvalue weighted by molar-refractivity contribution is 7.89. The van der Waals surface area contributed by atoms with Crippen LogP contribution in [-0.2, 0) is 10.0 Å². The van der Waals surface area contributed by atoms with Crippen LogP contribution in [0.3, 0.4) is 0 Å². The molecule has 2 rings (SSSR count). The first kappa shape index (κ1) is 15.1. The summed E-state index contributed by atoms with van der Waals surface area (Å²) in [6.07, 6.45) is 3.88. The summed E-state index contributed by atoms with van der Waals surface area (Å²) in [5.41, 5.74) is 1.96. The van der Waals surface area contributed by atoms with Gasteiger partial charge in [0.1, 0.15) is 14.9 Å². The quantitative estimate of drug-likeness (QED) is 0.811. The van der Waals surface area contributed by atoms with Crippen molar-refractivity contribution in [1.82, 2.24) is 20.2 Å². The highest BCUT2D eigenvalue weighted by Crippen LogP contribution is 2.33. The van der Waals surface area contributed by atoms with Crippen LogP contribution in [0.1, 0.15) is 10.5 Å². The van der Waals surface area contributed by atoms with E-state index in [1.165, 1.54) is 24.7 Å². The Bertz CT molecular complexity index is 733. The molecule has 0 bridgehead atoms. The fraction of sp³-hybridized carbons (Fsp3) is 0. The van der Waals surface area contributed by atoms with E-state index < -0.39 is 15.9 Å². The van der Waals surface area contributed by atoms with Gasteiger partial charge in [-0.1, -0.05) is 23.2 Å². The maximum Gasteiger partial charge on any atom is 0.286 e. The van der Waals surface area contributed by atoms with Crippen molar-refractivity contribution < 1.29 is 13.2 Å². The molecule has 0 spiro atoms. The van der Waals surface area contributed by atoms with E-state index >= 15 is 0 Å². The zero-order valence-electron chi connectivity index (χ0n) is 9.50. The molecule has 0 aliphatic heterocycles. The number of halogens is 2. The van der Waals surface area contributed by atoms with E-state index in [4.69, 9.17) is 23.2 Å². The monoisotopic (exact) mass is 352 g/mol. The van der Waals surface area contributed by atoms with Crippen molar-refractivity contribution in [3.63, 3.8) is 0 Å². The highest BCUT2D eigenvalue weighted by Gasteiger charge is 2.22. The van der Waals surface area contributed by atoms with Crippen LogP contribution in [0.4, 0.5) is 0 Å². The first-order valence-corrected chi connectivity index (χ1v) is 7.99. The van der Waals surface area contributed by atoms with E-state index in [2.05, 4.69) is 9.97 Å². The molecule has 0 saturated heterocycles. The van der Waals surface area contributed by atoms with Gasteiger partial charge < -0.3 is 0 Å². The van der Waals surface area contributed by atoms with Gasteiger partial charge in [0.15, 0.2) is 0 Å². The molecule has 2 aromatic rings. The van der Waals surface area contributed by atoms with Gasteiger partial charge in [-0.15, -0.1) is 16.2 Å². The van der Waals surface area contributed by atoms with Crippen molar-refractivity contribution in [2.24, 2.45) is 0 Å². The number of thiophene rings is 1. The molecule has 2 heterocycles. The van der Waals surface area contributed by atoms with Crippen LogP contribution in [0.15, 0.2) is 29.6 Å². The number of hydrogen-bond acceptors (Lipinski definition) is 6. The molecule has 1 amide bonds. The van der Waals surface area contributed by atoms with Crippen molar-refractivity contribution >= 4 is 50.5 Å². The maximum absolute atomic E-state index is 11.9. The molecule has 0 saturated carbocycles. The molecule has 0 radical (unpaired) electrons. The standard InChI is InChI=1S/C9H6Cl2N4O3S2/c10-7-3-6(8(11)19-7)20(17,18)15-14-9(16)5-4-12-1-2-13-5/h1-4,15H,(H,14,16). The molecular formula is C9H6Cl2N4O3S2. The van der Waals surface area contributed by atoms with Crippen LogP contribution >= 0.6 is 34.5 Å². The van der Waals surface area contributed by atoms with Gasteiger partial charge in [0.05, 0.1) is 10.5 Å². The number of hydrazine groups is 1. The van der Waals surface area contributed by atoms with E-state index in [1.807, 2.05) is 10.3 Å². The molecule has 11 heteroatoms. The van der Waals surface area contributed by atoms with Gasteiger partial charge in [0, 0.05) is 12.4 Å². The Balaban J connectivity index is 2.11. The van der Waals surface area contributed by atoms with Crippen LogP contribution in [0.25, 0.3) is 0 Å². The zero-order valence-corrected chi connectivity index (χ0v) is 12.6. The van der Waals surface area contributed by atoms with Crippen LogP contribution in [0.2, 0.25) is 8.67 Å². The molecule has 106 valence electrons. The minimum atomic E-state index is -4.01. The van der Waals surface area contributed by atoms with Gasteiger partial charge in [0.25, 0.3) is 15.9 Å². The largest absolute Gasteiger partial charge is 0.286 e. The molecule has 0 fully saturated rings. The predicted molar refractivity (Wildman–Crippen MR) is 74.2 cm³/mol. The van der Waals surface area contributed by atoms with Crippen molar-refractivity contribution in [3.05, 3.63) is 39.0 Å². The summed E-state index contributed by atoms with van der Waals surface area (Å²) >= 11 is 12.3. The maximum atomic E-state index is 11.9. The highest BCUT2D eigenvalue weighted by atomic mass is 35.5. The Hall–Kier alpha value is -1.26. The third-order valence-electron chi connectivity index (χ3n) is 2.01. The summed E-state index contributed by atoms with van der Waals surface area (Å²) in [5.74, 6) is -0.751. The number of nitrogens with one attached hydrogen (secondary N) is 2. The lowest BCUT2D eigenvalue weighted by molar-refractivity contribution is 0.0939. The minimum absolute atomic E-state index is 0.00347. The fourth-order valence-corrected chi connectivity index (χ4v) is 4.15. The number of rotatable bonds is 4. The lowest BCUT2D eigenvalue weighted by Gasteiger charge is -2.06. The lowest BCUT2D eigenvalue weighted by atomic mass is 10.4. The Morgan fingerprint density at radius 2 is 2.05 bits per heavy atom. The zero-order chi connectivity index (χ0) is 14.8. The predicted octanol–water partition coefficient (Wildman–Crippen LogP) is 1.47. The summed E-state index contributed by atoms with van der Waals surface area (Å²) in [6, 6.07) is 1.19. The van der Waals surface area contributed by atoms with Gasteiger partial charge >= 0.3 is 0 Å². The first-order valence-electron chi connectivity index (χ1n) is 4.93. The van der Waals surface area contributed by atoms with Crippen molar-refractivity contribution in [1.29, 1.82) is 0 Å². The van der Waals surface area contributed by atoms with E-state index in [-0.39, 0.29) is 19.3 Å². The molecule has 0 aromatic carbocycles. The Kier molecular flexibility index (Phi) is 4.55. The summed E-state index contributed by atoms with van der Waals surface area (Å²) in [7, 11) is -4.01. The number of sulfonamides is 1. The number of carbonyl (C=O) groups excluding carboxylic acids is 1. The summed E-state index contributed by atoms with van der Waals surface area (Å²) < 4.78 is 24.0. The van der Waals surface area contributed by atoms with Crippen molar-refractivity contribution in [3.8, 4) is 0 Å². The summed E-state index contributed by atoms with van der Waals surface area (Å²) in [6.45, 7) is 0. The summed E-state index contributed by atoms with van der Waals surface area (Å²) in [5, 5.41) is 0. The van der Waals surface area contributed by atoms with E-state index in [0.717, 1.165) is 11.3 Å². The van der Waals surface area contributed by atoms with Crippen molar-refractivity contribution in [2.75, 3.05) is 0 Å². The molecule has 2 aromatic heterocycles. The number of aromatic nitrogens is 2. The van der Waals surface area contributed by atoms with Crippen LogP contribution in [0.5, 0.6) is 0 Å².